The second-order valence-electron chi connectivity index (χ2n) is 8.46. The van der Waals surface area contributed by atoms with Crippen molar-refractivity contribution >= 4 is 41.1 Å². The van der Waals surface area contributed by atoms with E-state index in [1.165, 1.54) is 6.33 Å². The van der Waals surface area contributed by atoms with E-state index in [-0.39, 0.29) is 11.6 Å². The average molecular weight is 459 g/mol. The Labute approximate surface area is 168 Å². The molecule has 8 nitrogen and oxygen atoms in total. The Morgan fingerprint density at radius 1 is 1.30 bits per heavy atom. The fourth-order valence-corrected chi connectivity index (χ4v) is 4.47. The van der Waals surface area contributed by atoms with E-state index in [0.29, 0.717) is 21.3 Å². The zero-order valence-electron chi connectivity index (χ0n) is 16.2. The lowest BCUT2D eigenvalue weighted by molar-refractivity contribution is -0.0489. The molecule has 0 bridgehead atoms. The second kappa shape index (κ2) is 7.09. The Morgan fingerprint density at radius 3 is 2.59 bits per heavy atom. The molecule has 0 aliphatic carbocycles. The molecule has 0 spiro atoms. The molecule has 2 aromatic heterocycles. The summed E-state index contributed by atoms with van der Waals surface area (Å²) < 4.78 is 14.5. The lowest BCUT2D eigenvalue weighted by Crippen LogP contribution is -2.44. The first-order chi connectivity index (χ1) is 12.4. The molecule has 10 heteroatoms. The van der Waals surface area contributed by atoms with Crippen molar-refractivity contribution in [2.45, 2.75) is 63.4 Å². The van der Waals surface area contributed by atoms with Crippen molar-refractivity contribution in [1.82, 2.24) is 14.5 Å². The molecule has 1 aliphatic heterocycles. The van der Waals surface area contributed by atoms with E-state index in [0.717, 1.165) is 0 Å². The maximum Gasteiger partial charge on any atom is 0.192 e. The molecule has 1 saturated heterocycles. The molecule has 3 rings (SSSR count). The molecule has 3 heterocycles. The molecule has 2 aromatic rings. The Kier molecular flexibility index (Phi) is 5.43. The quantitative estimate of drug-likeness (QED) is 0.602. The summed E-state index contributed by atoms with van der Waals surface area (Å²) in [4.78, 5) is 8.25. The van der Waals surface area contributed by atoms with Crippen molar-refractivity contribution in [1.29, 1.82) is 0 Å². The number of nitrogen functional groups attached to an aromatic ring is 1. The van der Waals surface area contributed by atoms with E-state index in [9.17, 15) is 10.2 Å². The SMILES string of the molecule is CC(C)(C)[Si](C)(C)OC[C@H]1O[C@@H](n2cc(Br)c3c(N)ncnc32)[C@H](O)[C@@H]1O. The fraction of sp³-hybridized carbons (Fsp3) is 0.647. The molecule has 0 aromatic carbocycles. The van der Waals surface area contributed by atoms with Crippen molar-refractivity contribution in [3.05, 3.63) is 17.0 Å². The number of aliphatic hydroxyl groups excluding tert-OH is 2. The Morgan fingerprint density at radius 2 is 1.96 bits per heavy atom. The Hall–Kier alpha value is -1.04. The molecule has 27 heavy (non-hydrogen) atoms. The van der Waals surface area contributed by atoms with E-state index < -0.39 is 32.9 Å². The first-order valence-electron chi connectivity index (χ1n) is 8.86. The van der Waals surface area contributed by atoms with Gasteiger partial charge in [-0.2, -0.15) is 0 Å². The summed E-state index contributed by atoms with van der Waals surface area (Å²) in [5, 5.41) is 21.8. The number of nitrogens with two attached hydrogens (primary N) is 1. The largest absolute Gasteiger partial charge is 0.414 e. The van der Waals surface area contributed by atoms with E-state index in [1.54, 1.807) is 10.8 Å². The van der Waals surface area contributed by atoms with Gasteiger partial charge in [-0.25, -0.2) is 9.97 Å². The van der Waals surface area contributed by atoms with Crippen LogP contribution >= 0.6 is 15.9 Å². The maximum absolute atomic E-state index is 10.6. The van der Waals surface area contributed by atoms with Crippen LogP contribution < -0.4 is 5.73 Å². The molecular formula is C17H27BrN4O4Si. The number of aliphatic hydroxyl groups is 2. The van der Waals surface area contributed by atoms with Crippen LogP contribution in [-0.4, -0.2) is 58.0 Å². The normalized spacial score (nSPS) is 26.8. The first-order valence-corrected chi connectivity index (χ1v) is 12.6. The van der Waals surface area contributed by atoms with E-state index >= 15 is 0 Å². The van der Waals surface area contributed by atoms with Crippen LogP contribution in [0.5, 0.6) is 0 Å². The van der Waals surface area contributed by atoms with Crippen LogP contribution in [0.2, 0.25) is 18.1 Å². The fourth-order valence-electron chi connectivity index (χ4n) is 2.86. The summed E-state index contributed by atoms with van der Waals surface area (Å²) in [7, 11) is -2.00. The summed E-state index contributed by atoms with van der Waals surface area (Å²) in [6.45, 7) is 10.9. The lowest BCUT2D eigenvalue weighted by Gasteiger charge is -2.37. The van der Waals surface area contributed by atoms with Crippen molar-refractivity contribution in [3.8, 4) is 0 Å². The predicted octanol–water partition coefficient (Wildman–Crippen LogP) is 2.42. The van der Waals surface area contributed by atoms with Gasteiger partial charge in [-0.15, -0.1) is 0 Å². The Balaban J connectivity index is 1.83. The summed E-state index contributed by atoms with van der Waals surface area (Å²) in [6, 6.07) is 0. The standard InChI is InChI=1S/C17H27BrN4O4Si/c1-17(2,3)27(4,5)25-7-10-12(23)13(24)16(26-10)22-6-9(18)11-14(19)20-8-21-15(11)22/h6,8,10,12-13,16,23-24H,7H2,1-5H3,(H2,19,20,21)/t10-,12-,13-,16-/m1/s1. The van der Waals surface area contributed by atoms with Gasteiger partial charge in [0, 0.05) is 10.7 Å². The highest BCUT2D eigenvalue weighted by atomic mass is 79.9. The molecule has 0 amide bonds. The van der Waals surface area contributed by atoms with Gasteiger partial charge in [-0.3, -0.25) is 0 Å². The number of halogens is 1. The number of anilines is 1. The van der Waals surface area contributed by atoms with Gasteiger partial charge in [-0.1, -0.05) is 20.8 Å². The minimum Gasteiger partial charge on any atom is -0.414 e. The highest BCUT2D eigenvalue weighted by Gasteiger charge is 2.46. The van der Waals surface area contributed by atoms with Gasteiger partial charge in [-0.05, 0) is 34.1 Å². The van der Waals surface area contributed by atoms with Gasteiger partial charge in [0.25, 0.3) is 0 Å². The van der Waals surface area contributed by atoms with Crippen LogP contribution in [0.4, 0.5) is 5.82 Å². The topological polar surface area (TPSA) is 116 Å². The number of nitrogens with zero attached hydrogens (tertiary/aromatic N) is 3. The molecule has 1 aliphatic rings. The number of hydrogen-bond acceptors (Lipinski definition) is 7. The smallest absolute Gasteiger partial charge is 0.192 e. The summed E-state index contributed by atoms with van der Waals surface area (Å²) in [5.41, 5.74) is 6.46. The van der Waals surface area contributed by atoms with Crippen LogP contribution in [0.15, 0.2) is 17.0 Å². The van der Waals surface area contributed by atoms with E-state index in [1.807, 2.05) is 0 Å². The summed E-state index contributed by atoms with van der Waals surface area (Å²) in [5.74, 6) is 0.330. The molecular weight excluding hydrogens is 432 g/mol. The number of aromatic nitrogens is 3. The average Bonchev–Trinajstić information content (AvgIpc) is 3.04. The van der Waals surface area contributed by atoms with Crippen molar-refractivity contribution in [2.24, 2.45) is 0 Å². The number of hydrogen-bond donors (Lipinski definition) is 3. The monoisotopic (exact) mass is 458 g/mol. The molecule has 0 saturated carbocycles. The van der Waals surface area contributed by atoms with Crippen molar-refractivity contribution < 1.29 is 19.4 Å². The molecule has 150 valence electrons. The molecule has 0 radical (unpaired) electrons. The van der Waals surface area contributed by atoms with Gasteiger partial charge in [0.1, 0.15) is 36.1 Å². The Bertz CT molecular complexity index is 838. The number of rotatable bonds is 4. The number of ether oxygens (including phenoxy) is 1. The third-order valence-electron chi connectivity index (χ3n) is 5.62. The summed E-state index contributed by atoms with van der Waals surface area (Å²) in [6.07, 6.45) is -0.512. The van der Waals surface area contributed by atoms with Gasteiger partial charge in [0.05, 0.1) is 12.0 Å². The summed E-state index contributed by atoms with van der Waals surface area (Å²) >= 11 is 3.44. The minimum absolute atomic E-state index is 0.0461. The zero-order chi connectivity index (χ0) is 20.1. The van der Waals surface area contributed by atoms with Crippen molar-refractivity contribution in [2.75, 3.05) is 12.3 Å². The molecule has 4 atom stereocenters. The van der Waals surface area contributed by atoms with Crippen LogP contribution in [0.25, 0.3) is 11.0 Å². The third-order valence-corrected chi connectivity index (χ3v) is 10.7. The predicted molar refractivity (Wildman–Crippen MR) is 109 cm³/mol. The molecule has 0 unspecified atom stereocenters. The van der Waals surface area contributed by atoms with Crippen LogP contribution in [0.3, 0.4) is 0 Å². The van der Waals surface area contributed by atoms with Gasteiger partial charge >= 0.3 is 0 Å². The van der Waals surface area contributed by atoms with Crippen molar-refractivity contribution in [3.63, 3.8) is 0 Å². The van der Waals surface area contributed by atoms with Crippen LogP contribution in [0, 0.1) is 0 Å². The van der Waals surface area contributed by atoms with Gasteiger partial charge < -0.3 is 29.7 Å². The van der Waals surface area contributed by atoms with Crippen LogP contribution in [0.1, 0.15) is 27.0 Å². The molecule has 4 N–H and O–H groups in total. The van der Waals surface area contributed by atoms with Crippen LogP contribution in [-0.2, 0) is 9.16 Å². The maximum atomic E-state index is 10.6. The van der Waals surface area contributed by atoms with E-state index in [4.69, 9.17) is 14.9 Å². The van der Waals surface area contributed by atoms with E-state index in [2.05, 4.69) is 59.8 Å². The number of fused-ring (bicyclic) bond motifs is 1. The van der Waals surface area contributed by atoms with Gasteiger partial charge in [0.2, 0.25) is 0 Å². The third kappa shape index (κ3) is 3.66. The zero-order valence-corrected chi connectivity index (χ0v) is 18.8. The first kappa shape index (κ1) is 20.7. The highest BCUT2D eigenvalue weighted by Crippen LogP contribution is 2.39. The second-order valence-corrected chi connectivity index (χ2v) is 14.1. The highest BCUT2D eigenvalue weighted by molar-refractivity contribution is 9.10. The lowest BCUT2D eigenvalue weighted by atomic mass is 10.1. The van der Waals surface area contributed by atoms with Gasteiger partial charge in [0.15, 0.2) is 14.5 Å². The molecule has 1 fully saturated rings. The minimum atomic E-state index is -2.00.